The van der Waals surface area contributed by atoms with Crippen molar-refractivity contribution in [2.24, 2.45) is 0 Å². The SMILES string of the molecule is CCOC(=O)c1nc2cnc3c(ccn3S(=O)(=O)c3ccccc3)c2n1[C@@H]1CCCN(Cc2ccccc2)C1. The number of fused-ring (bicyclic) bond motifs is 3. The number of pyridine rings is 1. The molecule has 1 aliphatic heterocycles. The fourth-order valence-corrected chi connectivity index (χ4v) is 6.79. The van der Waals surface area contributed by atoms with E-state index in [0.29, 0.717) is 22.1 Å². The summed E-state index contributed by atoms with van der Waals surface area (Å²) in [7, 11) is -3.87. The van der Waals surface area contributed by atoms with Gasteiger partial charge in [0.2, 0.25) is 5.82 Å². The Balaban J connectivity index is 1.48. The van der Waals surface area contributed by atoms with E-state index in [1.54, 1.807) is 49.5 Å². The summed E-state index contributed by atoms with van der Waals surface area (Å²) in [6.45, 7) is 4.48. The van der Waals surface area contributed by atoms with Gasteiger partial charge in [-0.25, -0.2) is 27.2 Å². The molecule has 0 bridgehead atoms. The van der Waals surface area contributed by atoms with Crippen LogP contribution in [0.2, 0.25) is 0 Å². The molecule has 4 heterocycles. The molecule has 1 fully saturated rings. The van der Waals surface area contributed by atoms with Crippen LogP contribution < -0.4 is 0 Å². The molecule has 0 aliphatic carbocycles. The van der Waals surface area contributed by atoms with Gasteiger partial charge in [0.15, 0.2) is 5.65 Å². The van der Waals surface area contributed by atoms with Crippen molar-refractivity contribution in [2.45, 2.75) is 37.2 Å². The summed E-state index contributed by atoms with van der Waals surface area (Å²) >= 11 is 0. The molecule has 1 atom stereocenters. The standard InChI is InChI=1S/C29H29N5O4S/c1-2-38-29(35)28-31-25-18-30-27-24(15-17-33(27)39(36,37)23-13-7-4-8-14-23)26(25)34(28)22-12-9-16-32(20-22)19-21-10-5-3-6-11-21/h3-8,10-11,13-15,17-18,22H,2,9,12,16,19-20H2,1H3/t22-/m1/s1. The molecule has 1 aliphatic rings. The van der Waals surface area contributed by atoms with E-state index in [1.807, 2.05) is 22.8 Å². The molecule has 10 heteroatoms. The maximum absolute atomic E-state index is 13.5. The molecule has 200 valence electrons. The van der Waals surface area contributed by atoms with Crippen LogP contribution >= 0.6 is 0 Å². The number of likely N-dealkylation sites (tertiary alicyclic amines) is 1. The predicted molar refractivity (Wildman–Crippen MR) is 148 cm³/mol. The highest BCUT2D eigenvalue weighted by atomic mass is 32.2. The summed E-state index contributed by atoms with van der Waals surface area (Å²) in [5, 5.41) is 0.621. The van der Waals surface area contributed by atoms with Gasteiger partial charge >= 0.3 is 5.97 Å². The van der Waals surface area contributed by atoms with Crippen LogP contribution in [0.3, 0.4) is 0 Å². The Hall–Kier alpha value is -4.02. The van der Waals surface area contributed by atoms with Crippen molar-refractivity contribution >= 4 is 38.1 Å². The zero-order valence-electron chi connectivity index (χ0n) is 21.6. The second-order valence-corrected chi connectivity index (χ2v) is 11.5. The molecule has 1 saturated heterocycles. The molecule has 0 N–H and O–H groups in total. The number of piperidine rings is 1. The third-order valence-corrected chi connectivity index (χ3v) is 8.86. The molecule has 0 spiro atoms. The highest BCUT2D eigenvalue weighted by Gasteiger charge is 2.31. The van der Waals surface area contributed by atoms with Crippen LogP contribution in [0, 0.1) is 0 Å². The van der Waals surface area contributed by atoms with Crippen molar-refractivity contribution in [2.75, 3.05) is 19.7 Å². The topological polar surface area (TPSA) is 99.3 Å². The first-order valence-corrected chi connectivity index (χ1v) is 14.5. The van der Waals surface area contributed by atoms with Crippen LogP contribution in [0.25, 0.3) is 22.1 Å². The quantitative estimate of drug-likeness (QED) is 0.276. The number of benzene rings is 2. The maximum Gasteiger partial charge on any atom is 0.374 e. The normalized spacial score (nSPS) is 16.6. The van der Waals surface area contributed by atoms with Crippen LogP contribution in [0.5, 0.6) is 0 Å². The lowest BCUT2D eigenvalue weighted by Gasteiger charge is -2.34. The lowest BCUT2D eigenvalue weighted by molar-refractivity contribution is 0.0499. The zero-order chi connectivity index (χ0) is 27.0. The lowest BCUT2D eigenvalue weighted by atomic mass is 10.0. The number of carbonyl (C=O) groups is 1. The minimum Gasteiger partial charge on any atom is -0.460 e. The Bertz CT molecular complexity index is 1750. The summed E-state index contributed by atoms with van der Waals surface area (Å²) < 4.78 is 35.5. The van der Waals surface area contributed by atoms with Gasteiger partial charge in [0.1, 0.15) is 5.52 Å². The molecular weight excluding hydrogens is 514 g/mol. The number of ether oxygens (including phenoxy) is 1. The van der Waals surface area contributed by atoms with E-state index >= 15 is 0 Å². The van der Waals surface area contributed by atoms with Crippen LogP contribution in [0.4, 0.5) is 0 Å². The van der Waals surface area contributed by atoms with E-state index in [2.05, 4.69) is 27.0 Å². The van der Waals surface area contributed by atoms with Crippen LogP contribution in [0.15, 0.2) is 84.0 Å². The molecule has 5 aromatic rings. The van der Waals surface area contributed by atoms with Gasteiger partial charge in [0.05, 0.1) is 23.2 Å². The van der Waals surface area contributed by atoms with Gasteiger partial charge in [-0.3, -0.25) is 4.90 Å². The van der Waals surface area contributed by atoms with Crippen LogP contribution in [0.1, 0.15) is 42.0 Å². The van der Waals surface area contributed by atoms with Crippen molar-refractivity contribution in [3.05, 3.63) is 90.5 Å². The number of rotatable bonds is 7. The second kappa shape index (κ2) is 10.3. The molecule has 2 aromatic carbocycles. The summed E-state index contributed by atoms with van der Waals surface area (Å²) in [6.07, 6.45) is 4.87. The lowest BCUT2D eigenvalue weighted by Crippen LogP contribution is -2.37. The van der Waals surface area contributed by atoms with Gasteiger partial charge in [-0.2, -0.15) is 0 Å². The molecule has 3 aromatic heterocycles. The van der Waals surface area contributed by atoms with Gasteiger partial charge in [-0.1, -0.05) is 48.5 Å². The minimum atomic E-state index is -3.87. The second-order valence-electron chi connectivity index (χ2n) is 9.70. The largest absolute Gasteiger partial charge is 0.460 e. The molecular formula is C29H29N5O4S. The van der Waals surface area contributed by atoms with E-state index in [0.717, 1.165) is 32.5 Å². The van der Waals surface area contributed by atoms with E-state index < -0.39 is 16.0 Å². The first-order valence-electron chi connectivity index (χ1n) is 13.1. The third kappa shape index (κ3) is 4.59. The van der Waals surface area contributed by atoms with Gasteiger partial charge in [0, 0.05) is 30.7 Å². The Morgan fingerprint density at radius 3 is 2.54 bits per heavy atom. The van der Waals surface area contributed by atoms with Crippen LogP contribution in [-0.2, 0) is 21.3 Å². The van der Waals surface area contributed by atoms with E-state index in [9.17, 15) is 13.2 Å². The fraction of sp³-hybridized carbons (Fsp3) is 0.276. The van der Waals surface area contributed by atoms with Gasteiger partial charge < -0.3 is 9.30 Å². The smallest absolute Gasteiger partial charge is 0.374 e. The number of imidazole rings is 1. The first-order chi connectivity index (χ1) is 19.0. The Labute approximate surface area is 226 Å². The maximum atomic E-state index is 13.5. The summed E-state index contributed by atoms with van der Waals surface area (Å²) in [6, 6.07) is 20.3. The van der Waals surface area contributed by atoms with Crippen molar-refractivity contribution in [3.8, 4) is 0 Å². The van der Waals surface area contributed by atoms with E-state index in [1.165, 1.54) is 15.7 Å². The van der Waals surface area contributed by atoms with Gasteiger partial charge in [0.25, 0.3) is 10.0 Å². The number of carbonyl (C=O) groups excluding carboxylic acids is 1. The number of nitrogens with zero attached hydrogens (tertiary/aromatic N) is 5. The molecule has 9 nitrogen and oxygen atoms in total. The summed E-state index contributed by atoms with van der Waals surface area (Å²) in [5.41, 5.74) is 2.74. The highest BCUT2D eigenvalue weighted by molar-refractivity contribution is 7.90. The summed E-state index contributed by atoms with van der Waals surface area (Å²) in [4.78, 5) is 24.8. The number of aromatic nitrogens is 4. The third-order valence-electron chi connectivity index (χ3n) is 7.18. The predicted octanol–water partition coefficient (Wildman–Crippen LogP) is 4.64. The molecule has 0 unspecified atom stereocenters. The summed E-state index contributed by atoms with van der Waals surface area (Å²) in [5.74, 6) is -0.287. The van der Waals surface area contributed by atoms with E-state index in [-0.39, 0.29) is 23.4 Å². The molecule has 6 rings (SSSR count). The van der Waals surface area contributed by atoms with Gasteiger partial charge in [-0.05, 0) is 50.1 Å². The Morgan fingerprint density at radius 1 is 1.05 bits per heavy atom. The molecule has 0 amide bonds. The average Bonchev–Trinajstić information content (AvgIpc) is 3.57. The Kier molecular flexibility index (Phi) is 6.66. The van der Waals surface area contributed by atoms with Crippen LogP contribution in [-0.4, -0.2) is 57.5 Å². The molecule has 0 radical (unpaired) electrons. The average molecular weight is 544 g/mol. The zero-order valence-corrected chi connectivity index (χ0v) is 22.4. The number of esters is 1. The van der Waals surface area contributed by atoms with Crippen molar-refractivity contribution in [1.82, 2.24) is 23.4 Å². The van der Waals surface area contributed by atoms with E-state index in [4.69, 9.17) is 4.74 Å². The monoisotopic (exact) mass is 543 g/mol. The van der Waals surface area contributed by atoms with Crippen molar-refractivity contribution < 1.29 is 17.9 Å². The van der Waals surface area contributed by atoms with Crippen molar-refractivity contribution in [3.63, 3.8) is 0 Å². The molecule has 0 saturated carbocycles. The Morgan fingerprint density at radius 2 is 1.79 bits per heavy atom. The van der Waals surface area contributed by atoms with Crippen molar-refractivity contribution in [1.29, 1.82) is 0 Å². The van der Waals surface area contributed by atoms with Gasteiger partial charge in [-0.15, -0.1) is 0 Å². The minimum absolute atomic E-state index is 0.0495. The fourth-order valence-electron chi connectivity index (χ4n) is 5.47. The number of hydrogen-bond donors (Lipinski definition) is 0. The molecule has 39 heavy (non-hydrogen) atoms. The first kappa shape index (κ1) is 25.3. The number of hydrogen-bond acceptors (Lipinski definition) is 7. The highest BCUT2D eigenvalue weighted by Crippen LogP contribution is 2.34.